The number of nitrogens with zero attached hydrogens (tertiary/aromatic N) is 2. The molecule has 1 aliphatic carbocycles. The molecule has 0 unspecified atom stereocenters. The number of piperidine rings is 1. The molecule has 0 spiro atoms. The molecule has 1 saturated heterocycles. The van der Waals surface area contributed by atoms with Gasteiger partial charge in [-0.3, -0.25) is 9.78 Å². The van der Waals surface area contributed by atoms with Gasteiger partial charge in [0.1, 0.15) is 5.82 Å². The topological polar surface area (TPSA) is 45.2 Å². The van der Waals surface area contributed by atoms with Gasteiger partial charge in [-0.1, -0.05) is 6.92 Å². The van der Waals surface area contributed by atoms with Gasteiger partial charge in [-0.15, -0.1) is 24.8 Å². The summed E-state index contributed by atoms with van der Waals surface area (Å²) in [6.07, 6.45) is 5.11. The highest BCUT2D eigenvalue weighted by Gasteiger charge is 2.30. The van der Waals surface area contributed by atoms with Gasteiger partial charge in [-0.25, -0.2) is 4.39 Å². The Kier molecular flexibility index (Phi) is 8.05. The summed E-state index contributed by atoms with van der Waals surface area (Å²) in [4.78, 5) is 20.2. The Morgan fingerprint density at radius 1 is 1.18 bits per heavy atom. The first kappa shape index (κ1) is 22.9. The number of carbonyl (C=O) groups excluding carboxylic acids is 1. The molecule has 2 aliphatic rings. The largest absolute Gasteiger partial charge is 0.336 e. The smallest absolute Gasteiger partial charge is 0.254 e. The lowest BCUT2D eigenvalue weighted by atomic mass is 10.0. The molecule has 0 atom stereocenters. The Balaban J connectivity index is 0.00000140. The molecule has 1 N–H and O–H groups in total. The van der Waals surface area contributed by atoms with Crippen molar-refractivity contribution >= 4 is 41.6 Å². The van der Waals surface area contributed by atoms with Gasteiger partial charge in [0.2, 0.25) is 0 Å². The summed E-state index contributed by atoms with van der Waals surface area (Å²) in [5.41, 5.74) is 2.32. The van der Waals surface area contributed by atoms with Gasteiger partial charge in [0.25, 0.3) is 5.91 Å². The van der Waals surface area contributed by atoms with Crippen LogP contribution in [0.2, 0.25) is 0 Å². The van der Waals surface area contributed by atoms with Crippen LogP contribution in [0.5, 0.6) is 0 Å². The third-order valence-electron chi connectivity index (χ3n) is 5.49. The molecular weight excluding hydrogens is 400 g/mol. The van der Waals surface area contributed by atoms with Crippen molar-refractivity contribution in [2.24, 2.45) is 0 Å². The van der Waals surface area contributed by atoms with Crippen molar-refractivity contribution in [2.75, 3.05) is 19.6 Å². The first-order valence-electron chi connectivity index (χ1n) is 9.79. The van der Waals surface area contributed by atoms with Crippen molar-refractivity contribution in [3.8, 4) is 0 Å². The average Bonchev–Trinajstić information content (AvgIpc) is 3.51. The van der Waals surface area contributed by atoms with Gasteiger partial charge in [0, 0.05) is 29.6 Å². The zero-order chi connectivity index (χ0) is 18.1. The van der Waals surface area contributed by atoms with E-state index in [9.17, 15) is 9.18 Å². The van der Waals surface area contributed by atoms with Crippen LogP contribution >= 0.6 is 24.8 Å². The fraction of sp³-hybridized carbons (Fsp3) is 0.524. The van der Waals surface area contributed by atoms with Crippen molar-refractivity contribution in [1.82, 2.24) is 15.2 Å². The molecule has 1 aliphatic heterocycles. The quantitative estimate of drug-likeness (QED) is 0.751. The van der Waals surface area contributed by atoms with Crippen LogP contribution in [0.1, 0.15) is 61.0 Å². The number of pyridine rings is 1. The Labute approximate surface area is 178 Å². The molecule has 7 heteroatoms. The van der Waals surface area contributed by atoms with Crippen molar-refractivity contribution in [1.29, 1.82) is 0 Å². The van der Waals surface area contributed by atoms with E-state index in [2.05, 4.69) is 12.2 Å². The van der Waals surface area contributed by atoms with E-state index in [4.69, 9.17) is 4.98 Å². The molecule has 2 fully saturated rings. The van der Waals surface area contributed by atoms with Gasteiger partial charge < -0.3 is 10.2 Å². The molecule has 0 radical (unpaired) electrons. The average molecular weight is 428 g/mol. The Bertz CT molecular complexity index is 823. The molecule has 4 nitrogen and oxygen atoms in total. The summed E-state index contributed by atoms with van der Waals surface area (Å²) in [5, 5.41) is 4.00. The van der Waals surface area contributed by atoms with E-state index in [0.29, 0.717) is 16.9 Å². The second kappa shape index (κ2) is 9.86. The first-order chi connectivity index (χ1) is 12.7. The number of carbonyl (C=O) groups is 1. The van der Waals surface area contributed by atoms with E-state index in [1.807, 2.05) is 11.0 Å². The number of halogens is 3. The van der Waals surface area contributed by atoms with E-state index in [-0.39, 0.29) is 42.6 Å². The molecule has 1 aromatic carbocycles. The Morgan fingerprint density at radius 2 is 1.89 bits per heavy atom. The van der Waals surface area contributed by atoms with E-state index < -0.39 is 0 Å². The molecule has 1 amide bonds. The van der Waals surface area contributed by atoms with Crippen LogP contribution in [0.25, 0.3) is 10.9 Å². The number of hydrogen-bond donors (Lipinski definition) is 1. The lowest BCUT2D eigenvalue weighted by molar-refractivity contribution is 0.0644. The van der Waals surface area contributed by atoms with Gasteiger partial charge >= 0.3 is 0 Å². The fourth-order valence-corrected chi connectivity index (χ4v) is 3.95. The molecular formula is C21H28Cl2FN3O. The Hall–Kier alpha value is -1.43. The molecule has 1 saturated carbocycles. The highest BCUT2D eigenvalue weighted by atomic mass is 35.5. The second-order valence-corrected chi connectivity index (χ2v) is 7.51. The molecule has 2 heterocycles. The molecule has 154 valence electrons. The minimum absolute atomic E-state index is 0. The molecule has 0 bridgehead atoms. The standard InChI is InChI=1S/C21H26FN3O.2ClH/c1-2-11-25(16-7-9-23-10-8-16)21(26)18-13-20(14-3-4-14)24-19-6-5-15(22)12-17(18)19;;/h5-6,12-14,16,23H,2-4,7-11H2,1H3;2*1H. The van der Waals surface area contributed by atoms with Crippen LogP contribution in [0.4, 0.5) is 4.39 Å². The van der Waals surface area contributed by atoms with Gasteiger partial charge in [-0.2, -0.15) is 0 Å². The van der Waals surface area contributed by atoms with Gasteiger partial charge in [-0.05, 0) is 69.5 Å². The zero-order valence-electron chi connectivity index (χ0n) is 16.1. The predicted molar refractivity (Wildman–Crippen MR) is 115 cm³/mol. The molecule has 1 aromatic heterocycles. The van der Waals surface area contributed by atoms with E-state index in [0.717, 1.165) is 62.9 Å². The summed E-state index contributed by atoms with van der Waals surface area (Å²) in [7, 11) is 0. The van der Waals surface area contributed by atoms with Crippen molar-refractivity contribution in [3.05, 3.63) is 41.3 Å². The van der Waals surface area contributed by atoms with Crippen molar-refractivity contribution in [2.45, 2.75) is 51.0 Å². The number of aromatic nitrogens is 1. The van der Waals surface area contributed by atoms with Gasteiger partial charge in [0.05, 0.1) is 11.1 Å². The number of nitrogens with one attached hydrogen (secondary N) is 1. The highest BCUT2D eigenvalue weighted by molar-refractivity contribution is 6.06. The Morgan fingerprint density at radius 3 is 2.54 bits per heavy atom. The monoisotopic (exact) mass is 427 g/mol. The second-order valence-electron chi connectivity index (χ2n) is 7.51. The van der Waals surface area contributed by atoms with Crippen LogP contribution in [0.3, 0.4) is 0 Å². The maximum atomic E-state index is 13.9. The van der Waals surface area contributed by atoms with Crippen molar-refractivity contribution in [3.63, 3.8) is 0 Å². The van der Waals surface area contributed by atoms with Gasteiger partial charge in [0.15, 0.2) is 0 Å². The zero-order valence-corrected chi connectivity index (χ0v) is 17.8. The summed E-state index contributed by atoms with van der Waals surface area (Å²) in [6, 6.07) is 6.76. The van der Waals surface area contributed by atoms with E-state index in [1.54, 1.807) is 6.07 Å². The normalized spacial score (nSPS) is 16.9. The number of benzene rings is 1. The summed E-state index contributed by atoms with van der Waals surface area (Å²) >= 11 is 0. The third-order valence-corrected chi connectivity index (χ3v) is 5.49. The van der Waals surface area contributed by atoms with Crippen LogP contribution in [0.15, 0.2) is 24.3 Å². The van der Waals surface area contributed by atoms with Crippen molar-refractivity contribution < 1.29 is 9.18 Å². The minimum Gasteiger partial charge on any atom is -0.336 e. The highest BCUT2D eigenvalue weighted by Crippen LogP contribution is 2.40. The lowest BCUT2D eigenvalue weighted by Crippen LogP contribution is -2.46. The molecule has 28 heavy (non-hydrogen) atoms. The fourth-order valence-electron chi connectivity index (χ4n) is 3.95. The van der Waals surface area contributed by atoms with Crippen LogP contribution < -0.4 is 5.32 Å². The van der Waals surface area contributed by atoms with Crippen LogP contribution in [0, 0.1) is 5.82 Å². The van der Waals surface area contributed by atoms with E-state index >= 15 is 0 Å². The predicted octanol–water partition coefficient (Wildman–Crippen LogP) is 4.70. The summed E-state index contributed by atoms with van der Waals surface area (Å²) in [6.45, 7) is 4.72. The number of hydrogen-bond acceptors (Lipinski definition) is 3. The molecule has 2 aromatic rings. The number of fused-ring (bicyclic) bond motifs is 1. The minimum atomic E-state index is -0.323. The SMILES string of the molecule is CCCN(C(=O)c1cc(C2CC2)nc2ccc(F)cc12)C1CCNCC1.Cl.Cl. The summed E-state index contributed by atoms with van der Waals surface area (Å²) in [5.74, 6) is 0.157. The number of rotatable bonds is 5. The third kappa shape index (κ3) is 4.76. The maximum Gasteiger partial charge on any atom is 0.254 e. The number of amides is 1. The van der Waals surface area contributed by atoms with E-state index in [1.165, 1.54) is 12.1 Å². The molecule has 4 rings (SSSR count). The summed E-state index contributed by atoms with van der Waals surface area (Å²) < 4.78 is 13.9. The van der Waals surface area contributed by atoms with Crippen LogP contribution in [-0.2, 0) is 0 Å². The maximum absolute atomic E-state index is 13.9. The first-order valence-corrected chi connectivity index (χ1v) is 9.79. The lowest BCUT2D eigenvalue weighted by Gasteiger charge is -2.35. The van der Waals surface area contributed by atoms with Crippen LogP contribution in [-0.4, -0.2) is 41.5 Å².